The second kappa shape index (κ2) is 6.71. The molecule has 0 radical (unpaired) electrons. The fourth-order valence-electron chi connectivity index (χ4n) is 1.57. The first kappa shape index (κ1) is 14.8. The lowest BCUT2D eigenvalue weighted by atomic mass is 10.2. The van der Waals surface area contributed by atoms with Crippen molar-refractivity contribution in [2.24, 2.45) is 0 Å². The fraction of sp³-hybridized carbons (Fsp3) is 0.231. The van der Waals surface area contributed by atoms with E-state index < -0.39 is 0 Å². The van der Waals surface area contributed by atoms with Gasteiger partial charge in [0, 0.05) is 14.7 Å². The summed E-state index contributed by atoms with van der Waals surface area (Å²) in [6.45, 7) is 2.09. The predicted molar refractivity (Wildman–Crippen MR) is 79.6 cm³/mol. The summed E-state index contributed by atoms with van der Waals surface area (Å²) in [7, 11) is 0. The van der Waals surface area contributed by atoms with Crippen LogP contribution in [0.25, 0.3) is 0 Å². The normalized spacial score (nSPS) is 10.3. The first-order valence-corrected chi connectivity index (χ1v) is 7.55. The molecule has 2 rings (SSSR count). The van der Waals surface area contributed by atoms with Crippen molar-refractivity contribution in [2.75, 3.05) is 6.54 Å². The molecule has 0 saturated heterocycles. The number of amides is 2. The Kier molecular flexibility index (Phi) is 4.97. The van der Waals surface area contributed by atoms with Crippen LogP contribution in [0, 0.1) is 6.92 Å². The van der Waals surface area contributed by atoms with E-state index in [0.717, 1.165) is 9.35 Å². The van der Waals surface area contributed by atoms with Crippen molar-refractivity contribution in [3.05, 3.63) is 44.4 Å². The topological polar surface area (TPSA) is 71.3 Å². The maximum atomic E-state index is 11.8. The molecule has 0 saturated carbocycles. The molecule has 2 heterocycles. The van der Waals surface area contributed by atoms with Crippen LogP contribution >= 0.6 is 27.3 Å². The van der Waals surface area contributed by atoms with Gasteiger partial charge in [0.15, 0.2) is 0 Å². The van der Waals surface area contributed by atoms with Crippen molar-refractivity contribution in [1.29, 1.82) is 0 Å². The van der Waals surface area contributed by atoms with Crippen LogP contribution < -0.4 is 10.6 Å². The highest BCUT2D eigenvalue weighted by Crippen LogP contribution is 2.19. The molecule has 2 N–H and O–H groups in total. The van der Waals surface area contributed by atoms with Gasteiger partial charge in [-0.05, 0) is 35.0 Å². The van der Waals surface area contributed by atoms with E-state index in [1.807, 2.05) is 11.4 Å². The second-order valence-corrected chi connectivity index (χ2v) is 5.99. The standard InChI is InChI=1S/C13H13BrN2O3S/c1-8-11(2-3-19-8)13(18)16-6-12(17)15-5-10-4-9(14)7-20-10/h2-4,7H,5-6H2,1H3,(H,15,17)(H,16,18). The van der Waals surface area contributed by atoms with Crippen LogP contribution in [-0.4, -0.2) is 18.4 Å². The van der Waals surface area contributed by atoms with Crippen LogP contribution in [0.3, 0.4) is 0 Å². The Hall–Kier alpha value is -1.60. The smallest absolute Gasteiger partial charge is 0.255 e. The maximum absolute atomic E-state index is 11.8. The van der Waals surface area contributed by atoms with Gasteiger partial charge in [-0.1, -0.05) is 0 Å². The summed E-state index contributed by atoms with van der Waals surface area (Å²) < 4.78 is 6.03. The minimum Gasteiger partial charge on any atom is -0.469 e. The largest absolute Gasteiger partial charge is 0.469 e. The van der Waals surface area contributed by atoms with E-state index in [2.05, 4.69) is 26.6 Å². The molecule has 0 spiro atoms. The fourth-order valence-corrected chi connectivity index (χ4v) is 2.96. The Balaban J connectivity index is 1.75. The average Bonchev–Trinajstić information content (AvgIpc) is 3.02. The van der Waals surface area contributed by atoms with Crippen LogP contribution in [0.5, 0.6) is 0 Å². The van der Waals surface area contributed by atoms with E-state index in [1.54, 1.807) is 24.3 Å². The lowest BCUT2D eigenvalue weighted by Crippen LogP contribution is -2.36. The molecular formula is C13H13BrN2O3S. The lowest BCUT2D eigenvalue weighted by molar-refractivity contribution is -0.120. The summed E-state index contributed by atoms with van der Waals surface area (Å²) in [4.78, 5) is 24.4. The quantitative estimate of drug-likeness (QED) is 0.864. The van der Waals surface area contributed by atoms with Crippen molar-refractivity contribution in [3.63, 3.8) is 0 Å². The Bertz CT molecular complexity index is 621. The summed E-state index contributed by atoms with van der Waals surface area (Å²) in [5, 5.41) is 7.24. The number of rotatable bonds is 5. The summed E-state index contributed by atoms with van der Waals surface area (Å²) in [5.41, 5.74) is 0.444. The summed E-state index contributed by atoms with van der Waals surface area (Å²) >= 11 is 4.90. The number of hydrogen-bond acceptors (Lipinski definition) is 4. The van der Waals surface area contributed by atoms with Crippen molar-refractivity contribution in [1.82, 2.24) is 10.6 Å². The van der Waals surface area contributed by atoms with Gasteiger partial charge in [-0.15, -0.1) is 11.3 Å². The number of hydrogen-bond donors (Lipinski definition) is 2. The minimum absolute atomic E-state index is 0.0595. The molecule has 2 amide bonds. The first-order chi connectivity index (χ1) is 9.56. The molecule has 0 unspecified atom stereocenters. The summed E-state index contributed by atoms with van der Waals surface area (Å²) in [6.07, 6.45) is 1.44. The number of aryl methyl sites for hydroxylation is 1. The molecule has 20 heavy (non-hydrogen) atoms. The zero-order valence-corrected chi connectivity index (χ0v) is 13.1. The molecule has 0 fully saturated rings. The predicted octanol–water partition coefficient (Wildman–Crippen LogP) is 2.46. The van der Waals surface area contributed by atoms with Gasteiger partial charge in [-0.2, -0.15) is 0 Å². The molecule has 5 nitrogen and oxygen atoms in total. The number of carbonyl (C=O) groups is 2. The summed E-state index contributed by atoms with van der Waals surface area (Å²) in [6, 6.07) is 3.52. The Morgan fingerprint density at radius 2 is 2.20 bits per heavy atom. The van der Waals surface area contributed by atoms with Crippen LogP contribution in [-0.2, 0) is 11.3 Å². The number of carbonyl (C=O) groups excluding carboxylic acids is 2. The second-order valence-electron chi connectivity index (χ2n) is 4.08. The van der Waals surface area contributed by atoms with Gasteiger partial charge in [-0.25, -0.2) is 0 Å². The van der Waals surface area contributed by atoms with Crippen LogP contribution in [0.15, 0.2) is 32.7 Å². The van der Waals surface area contributed by atoms with Gasteiger partial charge in [0.05, 0.1) is 24.9 Å². The van der Waals surface area contributed by atoms with Gasteiger partial charge in [0.25, 0.3) is 5.91 Å². The highest BCUT2D eigenvalue weighted by atomic mass is 79.9. The highest BCUT2D eigenvalue weighted by Gasteiger charge is 2.12. The van der Waals surface area contributed by atoms with Gasteiger partial charge in [-0.3, -0.25) is 9.59 Å². The molecule has 0 atom stereocenters. The Morgan fingerprint density at radius 3 is 2.80 bits per heavy atom. The Morgan fingerprint density at radius 1 is 1.40 bits per heavy atom. The molecule has 0 aliphatic rings. The number of furan rings is 1. The third-order valence-electron chi connectivity index (χ3n) is 2.59. The van der Waals surface area contributed by atoms with E-state index in [9.17, 15) is 9.59 Å². The molecule has 0 aliphatic carbocycles. The van der Waals surface area contributed by atoms with E-state index >= 15 is 0 Å². The Labute approximate surface area is 128 Å². The molecule has 0 aromatic carbocycles. The van der Waals surface area contributed by atoms with Gasteiger partial charge in [0.1, 0.15) is 5.76 Å². The zero-order chi connectivity index (χ0) is 14.5. The van der Waals surface area contributed by atoms with E-state index in [0.29, 0.717) is 17.9 Å². The number of nitrogens with one attached hydrogen (secondary N) is 2. The third-order valence-corrected chi connectivity index (χ3v) is 4.29. The molecule has 2 aromatic rings. The van der Waals surface area contributed by atoms with Crippen molar-refractivity contribution >= 4 is 39.1 Å². The maximum Gasteiger partial charge on any atom is 0.255 e. The molecule has 0 bridgehead atoms. The zero-order valence-electron chi connectivity index (χ0n) is 10.7. The van der Waals surface area contributed by atoms with E-state index in [-0.39, 0.29) is 18.4 Å². The molecular weight excluding hydrogens is 344 g/mol. The average molecular weight is 357 g/mol. The molecule has 106 valence electrons. The molecule has 2 aromatic heterocycles. The van der Waals surface area contributed by atoms with Crippen LogP contribution in [0.2, 0.25) is 0 Å². The van der Waals surface area contributed by atoms with Gasteiger partial charge >= 0.3 is 0 Å². The van der Waals surface area contributed by atoms with E-state index in [1.165, 1.54) is 6.26 Å². The van der Waals surface area contributed by atoms with Crippen molar-refractivity contribution in [2.45, 2.75) is 13.5 Å². The first-order valence-electron chi connectivity index (χ1n) is 5.88. The number of halogens is 1. The van der Waals surface area contributed by atoms with E-state index in [4.69, 9.17) is 4.42 Å². The SMILES string of the molecule is Cc1occc1C(=O)NCC(=O)NCc1cc(Br)cs1. The van der Waals surface area contributed by atoms with Crippen molar-refractivity contribution < 1.29 is 14.0 Å². The molecule has 7 heteroatoms. The van der Waals surface area contributed by atoms with Gasteiger partial charge < -0.3 is 15.1 Å². The highest BCUT2D eigenvalue weighted by molar-refractivity contribution is 9.10. The lowest BCUT2D eigenvalue weighted by Gasteiger charge is -2.05. The van der Waals surface area contributed by atoms with Crippen LogP contribution in [0.4, 0.5) is 0 Å². The monoisotopic (exact) mass is 356 g/mol. The number of thiophene rings is 1. The van der Waals surface area contributed by atoms with Crippen LogP contribution in [0.1, 0.15) is 21.0 Å². The summed E-state index contributed by atoms with van der Waals surface area (Å²) in [5.74, 6) is -0.0133. The molecule has 0 aliphatic heterocycles. The van der Waals surface area contributed by atoms with Gasteiger partial charge in [0.2, 0.25) is 5.91 Å². The minimum atomic E-state index is -0.315. The third kappa shape index (κ3) is 3.94. The van der Waals surface area contributed by atoms with Crippen molar-refractivity contribution in [3.8, 4) is 0 Å².